The van der Waals surface area contributed by atoms with Crippen LogP contribution in [0.4, 0.5) is 0 Å². The third-order valence-corrected chi connectivity index (χ3v) is 5.36. The first kappa shape index (κ1) is 25.3. The van der Waals surface area contributed by atoms with Crippen molar-refractivity contribution in [3.63, 3.8) is 0 Å². The van der Waals surface area contributed by atoms with Crippen LogP contribution in [0.5, 0.6) is 0 Å². The summed E-state index contributed by atoms with van der Waals surface area (Å²) >= 11 is 0. The smallest absolute Gasteiger partial charge is 0.249 e. The Hall–Kier alpha value is -0.730. The Morgan fingerprint density at radius 2 is 1.85 bits per heavy atom. The summed E-state index contributed by atoms with van der Waals surface area (Å²) in [4.78, 5) is 44.1. The normalized spacial score (nSPS) is 13.9. The molecule has 0 bridgehead atoms. The molecular formula is C11H20N2O10PS2-3. The van der Waals surface area contributed by atoms with E-state index in [1.165, 1.54) is 13.8 Å². The van der Waals surface area contributed by atoms with Gasteiger partial charge in [0, 0.05) is 30.7 Å². The second kappa shape index (κ2) is 10.6. The Bertz CT molecular complexity index is 633. The molecule has 12 nitrogen and oxygen atoms in total. The van der Waals surface area contributed by atoms with E-state index in [4.69, 9.17) is 0 Å². The summed E-state index contributed by atoms with van der Waals surface area (Å²) in [6, 6.07) is 0. The fourth-order valence-electron chi connectivity index (χ4n) is 1.50. The molecule has 0 saturated carbocycles. The van der Waals surface area contributed by atoms with Crippen molar-refractivity contribution in [2.45, 2.75) is 26.4 Å². The maximum Gasteiger partial charge on any atom is 0.249 e. The number of aliphatic hydroxyl groups is 1. The third-order valence-electron chi connectivity index (χ3n) is 2.89. The molecule has 0 spiro atoms. The quantitative estimate of drug-likeness (QED) is 0.122. The van der Waals surface area contributed by atoms with Gasteiger partial charge in [0.05, 0.1) is 14.4 Å². The van der Waals surface area contributed by atoms with E-state index in [1.807, 2.05) is 0 Å². The lowest BCUT2D eigenvalue weighted by atomic mass is 9.87. The highest BCUT2D eigenvalue weighted by Crippen LogP contribution is 2.31. The summed E-state index contributed by atoms with van der Waals surface area (Å²) in [7, 11) is -9.53. The Morgan fingerprint density at radius 1 is 1.27 bits per heavy atom. The van der Waals surface area contributed by atoms with Crippen LogP contribution >= 0.6 is 18.6 Å². The summed E-state index contributed by atoms with van der Waals surface area (Å²) in [6.07, 6.45) is -1.88. The molecule has 26 heavy (non-hydrogen) atoms. The molecule has 0 unspecified atom stereocenters. The zero-order valence-electron chi connectivity index (χ0n) is 14.0. The van der Waals surface area contributed by atoms with Crippen molar-refractivity contribution in [1.29, 1.82) is 0 Å². The average molecular weight is 435 g/mol. The predicted octanol–water partition coefficient (Wildman–Crippen LogP) is -2.97. The van der Waals surface area contributed by atoms with Crippen molar-refractivity contribution < 1.29 is 46.5 Å². The topological polar surface area (TPSA) is 208 Å². The van der Waals surface area contributed by atoms with Crippen LogP contribution in [0.1, 0.15) is 20.3 Å². The van der Waals surface area contributed by atoms with E-state index in [9.17, 15) is 42.0 Å². The van der Waals surface area contributed by atoms with Crippen molar-refractivity contribution in [2.24, 2.45) is 5.41 Å². The number of carbonyl (C=O) groups excluding carboxylic acids is 2. The molecule has 0 aromatic carbocycles. The summed E-state index contributed by atoms with van der Waals surface area (Å²) in [6.45, 7) is 1.69. The zero-order valence-corrected chi connectivity index (χ0v) is 16.5. The molecule has 154 valence electrons. The monoisotopic (exact) mass is 435 g/mol. The maximum absolute atomic E-state index is 11.8. The number of hydrogen-bond donors (Lipinski definition) is 3. The molecule has 0 rings (SSSR count). The standard InChI is InChI=1S/C11H23N2O10PS2/c1-11(2,7-23-24(17,18)19)9(15)10(16)13-4-3-8(14)12-5-6-25-26(20,21)22/h9,15H,3-7H2,1-2H3,(H,12,14)(H,13,16)(H2,17,18,19)(H,20,21,22)/p-3/t9-/m0/s1. The van der Waals surface area contributed by atoms with Crippen molar-refractivity contribution in [3.8, 4) is 0 Å². The van der Waals surface area contributed by atoms with Gasteiger partial charge in [0.25, 0.3) is 0 Å². The predicted molar refractivity (Wildman–Crippen MR) is 86.1 cm³/mol. The first-order valence-corrected chi connectivity index (χ1v) is 11.5. The van der Waals surface area contributed by atoms with Crippen LogP contribution in [0.15, 0.2) is 0 Å². The summed E-state index contributed by atoms with van der Waals surface area (Å²) in [5, 5.41) is 14.5. The van der Waals surface area contributed by atoms with Crippen LogP contribution in [0, 0.1) is 5.41 Å². The molecule has 0 aliphatic rings. The fourth-order valence-corrected chi connectivity index (χ4v) is 3.24. The number of nitrogens with one attached hydrogen (secondary N) is 2. The average Bonchev–Trinajstić information content (AvgIpc) is 2.47. The lowest BCUT2D eigenvalue weighted by Gasteiger charge is -2.35. The number of rotatable bonds is 12. The van der Waals surface area contributed by atoms with Crippen LogP contribution in [0.3, 0.4) is 0 Å². The van der Waals surface area contributed by atoms with Gasteiger partial charge in [-0.3, -0.25) is 9.59 Å². The Morgan fingerprint density at radius 3 is 2.35 bits per heavy atom. The van der Waals surface area contributed by atoms with Gasteiger partial charge in [-0.2, -0.15) is 0 Å². The molecule has 1 atom stereocenters. The van der Waals surface area contributed by atoms with Crippen molar-refractivity contribution in [2.75, 3.05) is 25.4 Å². The molecule has 3 N–H and O–H groups in total. The number of aliphatic hydroxyl groups excluding tert-OH is 1. The molecular weight excluding hydrogens is 415 g/mol. The van der Waals surface area contributed by atoms with Crippen LogP contribution in [-0.4, -0.2) is 61.4 Å². The molecule has 0 aliphatic heterocycles. The van der Waals surface area contributed by atoms with E-state index in [0.29, 0.717) is 0 Å². The van der Waals surface area contributed by atoms with Crippen LogP contribution in [-0.2, 0) is 27.8 Å². The van der Waals surface area contributed by atoms with Crippen molar-refractivity contribution in [3.05, 3.63) is 0 Å². The third kappa shape index (κ3) is 12.6. The lowest BCUT2D eigenvalue weighted by molar-refractivity contribution is -0.343. The van der Waals surface area contributed by atoms with E-state index >= 15 is 0 Å². The number of carbonyl (C=O) groups is 2. The SMILES string of the molecule is CC(C)(COP(=O)([O-])[O-])[C@@H](O)C(=O)NCCC(=O)NCCSS(=O)(=O)[O-]. The molecule has 0 aromatic heterocycles. The largest absolute Gasteiger partial charge is 0.790 e. The van der Waals surface area contributed by atoms with Gasteiger partial charge in [0.1, 0.15) is 15.3 Å². The highest BCUT2D eigenvalue weighted by molar-refractivity contribution is 8.69. The lowest BCUT2D eigenvalue weighted by Crippen LogP contribution is -2.46. The number of hydrogen-bond acceptors (Lipinski definition) is 11. The minimum atomic E-state index is -5.25. The molecule has 15 heteroatoms. The van der Waals surface area contributed by atoms with Gasteiger partial charge in [-0.1, -0.05) is 13.8 Å². The van der Waals surface area contributed by atoms with Crippen LogP contribution in [0.25, 0.3) is 0 Å². The minimum Gasteiger partial charge on any atom is -0.790 e. The Labute approximate surface area is 154 Å². The van der Waals surface area contributed by atoms with Gasteiger partial charge < -0.3 is 39.2 Å². The van der Waals surface area contributed by atoms with E-state index in [1.54, 1.807) is 0 Å². The van der Waals surface area contributed by atoms with E-state index in [0.717, 1.165) is 0 Å². The number of phosphoric ester groups is 1. The first-order valence-electron chi connectivity index (χ1n) is 7.13. The second-order valence-corrected chi connectivity index (χ2v) is 10.3. The summed E-state index contributed by atoms with van der Waals surface area (Å²) < 4.78 is 45.5. The molecule has 0 aliphatic carbocycles. The minimum absolute atomic E-state index is 0.0592. The molecule has 2 amide bonds. The fraction of sp³-hybridized carbons (Fsp3) is 0.818. The molecule has 0 heterocycles. The molecule has 0 saturated heterocycles. The van der Waals surface area contributed by atoms with Gasteiger partial charge in [0.2, 0.25) is 11.8 Å². The van der Waals surface area contributed by atoms with Gasteiger partial charge in [-0.25, -0.2) is 8.42 Å². The number of amides is 2. The number of phosphoric acid groups is 1. The van der Waals surface area contributed by atoms with Crippen molar-refractivity contribution >= 4 is 39.6 Å². The first-order chi connectivity index (χ1) is 11.6. The summed E-state index contributed by atoms with van der Waals surface area (Å²) in [5.41, 5.74) is -1.38. The van der Waals surface area contributed by atoms with Gasteiger partial charge in [-0.15, -0.1) is 0 Å². The Kier molecular flexibility index (Phi) is 10.3. The molecule has 0 fully saturated rings. The second-order valence-electron chi connectivity index (χ2n) is 5.73. The molecule has 0 radical (unpaired) electrons. The van der Waals surface area contributed by atoms with E-state index < -0.39 is 46.9 Å². The van der Waals surface area contributed by atoms with Crippen LogP contribution in [0.2, 0.25) is 0 Å². The van der Waals surface area contributed by atoms with Crippen molar-refractivity contribution in [1.82, 2.24) is 10.6 Å². The maximum atomic E-state index is 11.8. The van der Waals surface area contributed by atoms with Gasteiger partial charge in [-0.05, 0) is 10.8 Å². The van der Waals surface area contributed by atoms with E-state index in [2.05, 4.69) is 15.2 Å². The zero-order chi connectivity index (χ0) is 20.6. The highest BCUT2D eigenvalue weighted by atomic mass is 33.1. The molecule has 0 aromatic rings. The van der Waals surface area contributed by atoms with E-state index in [-0.39, 0.29) is 36.1 Å². The van der Waals surface area contributed by atoms with Crippen LogP contribution < -0.4 is 20.4 Å². The Balaban J connectivity index is 4.16. The summed E-state index contributed by atoms with van der Waals surface area (Å²) in [5.74, 6) is -1.55. The highest BCUT2D eigenvalue weighted by Gasteiger charge is 2.34. The van der Waals surface area contributed by atoms with Gasteiger partial charge >= 0.3 is 0 Å². The van der Waals surface area contributed by atoms with Gasteiger partial charge in [0.15, 0.2) is 0 Å².